The molecule has 0 unspecified atom stereocenters. The third-order valence-corrected chi connectivity index (χ3v) is 4.17. The maximum atomic E-state index is 11.5. The molecule has 0 saturated heterocycles. The Hall–Kier alpha value is -0.960. The first-order valence-corrected chi connectivity index (χ1v) is 9.11. The minimum absolute atomic E-state index is 0.269. The fraction of sp³-hybridized carbons (Fsp3) is 0.455. The van der Waals surface area contributed by atoms with E-state index in [1.54, 1.807) is 0 Å². The maximum absolute atomic E-state index is 11.5. The van der Waals surface area contributed by atoms with E-state index in [2.05, 4.69) is 8.91 Å². The monoisotopic (exact) mass is 307 g/mol. The third-order valence-electron chi connectivity index (χ3n) is 2.23. The van der Waals surface area contributed by atoms with Gasteiger partial charge in [-0.05, 0) is 12.0 Å². The van der Waals surface area contributed by atoms with Crippen LogP contribution in [0.1, 0.15) is 5.56 Å². The summed E-state index contributed by atoms with van der Waals surface area (Å²) in [7, 11) is -7.12. The molecule has 0 amide bonds. The van der Waals surface area contributed by atoms with Gasteiger partial charge >= 0.3 is 0 Å². The molecule has 0 saturated carbocycles. The van der Waals surface area contributed by atoms with E-state index in [9.17, 15) is 16.8 Å². The Kier molecular flexibility index (Phi) is 5.92. The van der Waals surface area contributed by atoms with Crippen molar-refractivity contribution in [3.8, 4) is 0 Å². The first-order valence-electron chi connectivity index (χ1n) is 5.64. The van der Waals surface area contributed by atoms with Crippen LogP contribution in [0.2, 0.25) is 0 Å². The van der Waals surface area contributed by atoms with Gasteiger partial charge in [-0.3, -0.25) is 4.18 Å². The van der Waals surface area contributed by atoms with Gasteiger partial charge in [-0.2, -0.15) is 8.42 Å². The smallest absolute Gasteiger partial charge is 0.264 e. The van der Waals surface area contributed by atoms with E-state index in [1.807, 2.05) is 30.3 Å². The van der Waals surface area contributed by atoms with Crippen molar-refractivity contribution >= 4 is 20.1 Å². The van der Waals surface area contributed by atoms with Crippen LogP contribution in [-0.4, -0.2) is 42.0 Å². The molecule has 0 aliphatic carbocycles. The molecule has 108 valence electrons. The number of benzene rings is 1. The Balaban J connectivity index is 2.31. The average molecular weight is 307 g/mol. The molecule has 0 atom stereocenters. The lowest BCUT2D eigenvalue weighted by Crippen LogP contribution is -2.30. The molecule has 0 bridgehead atoms. The van der Waals surface area contributed by atoms with Gasteiger partial charge in [0, 0.05) is 6.54 Å². The molecule has 1 rings (SSSR count). The summed E-state index contributed by atoms with van der Waals surface area (Å²) in [6, 6.07) is 9.45. The molecule has 0 spiro atoms. The molecular weight excluding hydrogens is 290 g/mol. The summed E-state index contributed by atoms with van der Waals surface area (Å²) in [6.45, 7) is -0.106. The van der Waals surface area contributed by atoms with Crippen molar-refractivity contribution in [1.29, 1.82) is 0 Å². The lowest BCUT2D eigenvalue weighted by molar-refractivity contribution is 0.342. The molecule has 0 aliphatic heterocycles. The zero-order chi connectivity index (χ0) is 14.4. The van der Waals surface area contributed by atoms with Crippen LogP contribution in [-0.2, 0) is 30.7 Å². The van der Waals surface area contributed by atoms with Crippen molar-refractivity contribution in [2.24, 2.45) is 0 Å². The fourth-order valence-electron chi connectivity index (χ4n) is 1.36. The zero-order valence-corrected chi connectivity index (χ0v) is 12.2. The van der Waals surface area contributed by atoms with Crippen molar-refractivity contribution in [3.63, 3.8) is 0 Å². The number of rotatable bonds is 8. The lowest BCUT2D eigenvalue weighted by atomic mass is 10.2. The summed E-state index contributed by atoms with van der Waals surface area (Å²) < 4.78 is 51.2. The maximum Gasteiger partial charge on any atom is 0.264 e. The van der Waals surface area contributed by atoms with Gasteiger partial charge in [0.15, 0.2) is 0 Å². The SMILES string of the molecule is CS(=O)(=O)OCCS(=O)(=O)NCCc1ccccc1. The van der Waals surface area contributed by atoms with E-state index in [-0.39, 0.29) is 18.9 Å². The first-order chi connectivity index (χ1) is 8.79. The summed E-state index contributed by atoms with van der Waals surface area (Å²) in [5.74, 6) is -0.380. The van der Waals surface area contributed by atoms with Crippen molar-refractivity contribution in [2.45, 2.75) is 6.42 Å². The van der Waals surface area contributed by atoms with Gasteiger partial charge in [-0.15, -0.1) is 0 Å². The molecule has 0 radical (unpaired) electrons. The van der Waals surface area contributed by atoms with Gasteiger partial charge in [-0.25, -0.2) is 13.1 Å². The Morgan fingerprint density at radius 1 is 1.11 bits per heavy atom. The van der Waals surface area contributed by atoms with Crippen LogP contribution in [0, 0.1) is 0 Å². The molecule has 1 aromatic carbocycles. The Bertz CT molecular complexity index is 581. The van der Waals surface area contributed by atoms with Crippen LogP contribution in [0.15, 0.2) is 30.3 Å². The van der Waals surface area contributed by atoms with Crippen LogP contribution in [0.25, 0.3) is 0 Å². The lowest BCUT2D eigenvalue weighted by Gasteiger charge is -2.06. The van der Waals surface area contributed by atoms with E-state index >= 15 is 0 Å². The number of sulfonamides is 1. The molecule has 6 nitrogen and oxygen atoms in total. The Morgan fingerprint density at radius 3 is 2.32 bits per heavy atom. The Labute approximate surface area is 114 Å². The average Bonchev–Trinajstić information content (AvgIpc) is 2.28. The number of nitrogens with one attached hydrogen (secondary N) is 1. The van der Waals surface area contributed by atoms with Gasteiger partial charge in [0.05, 0.1) is 18.6 Å². The molecular formula is C11H17NO5S2. The highest BCUT2D eigenvalue weighted by Gasteiger charge is 2.11. The van der Waals surface area contributed by atoms with Crippen LogP contribution in [0.4, 0.5) is 0 Å². The van der Waals surface area contributed by atoms with Gasteiger partial charge in [0.2, 0.25) is 10.0 Å². The summed E-state index contributed by atoms with van der Waals surface area (Å²) in [4.78, 5) is 0. The molecule has 1 aromatic rings. The van der Waals surface area contributed by atoms with Gasteiger partial charge in [0.25, 0.3) is 10.1 Å². The molecule has 0 aliphatic rings. The quantitative estimate of drug-likeness (QED) is 0.689. The largest absolute Gasteiger partial charge is 0.269 e. The van der Waals surface area contributed by atoms with Crippen molar-refractivity contribution in [2.75, 3.05) is 25.2 Å². The zero-order valence-electron chi connectivity index (χ0n) is 10.6. The van der Waals surface area contributed by atoms with Crippen molar-refractivity contribution in [1.82, 2.24) is 4.72 Å². The minimum atomic E-state index is -3.60. The normalized spacial score (nSPS) is 12.5. The molecule has 0 fully saturated rings. The van der Waals surface area contributed by atoms with E-state index in [0.29, 0.717) is 6.42 Å². The summed E-state index contributed by atoms with van der Waals surface area (Å²) in [6.07, 6.45) is 1.45. The third kappa shape index (κ3) is 7.93. The standard InChI is InChI=1S/C11H17NO5S2/c1-18(13,14)17-9-10-19(15,16)12-8-7-11-5-3-2-4-6-11/h2-6,12H,7-10H2,1H3. The van der Waals surface area contributed by atoms with Crippen molar-refractivity contribution < 1.29 is 21.0 Å². The molecule has 0 heterocycles. The van der Waals surface area contributed by atoms with Gasteiger partial charge in [-0.1, -0.05) is 30.3 Å². The first kappa shape index (κ1) is 16.1. The van der Waals surface area contributed by atoms with E-state index < -0.39 is 20.1 Å². The highest BCUT2D eigenvalue weighted by molar-refractivity contribution is 7.89. The van der Waals surface area contributed by atoms with Crippen LogP contribution in [0.5, 0.6) is 0 Å². The summed E-state index contributed by atoms with van der Waals surface area (Å²) in [5.41, 5.74) is 1.03. The predicted molar refractivity (Wildman–Crippen MR) is 72.7 cm³/mol. The highest BCUT2D eigenvalue weighted by Crippen LogP contribution is 1.99. The minimum Gasteiger partial charge on any atom is -0.269 e. The van der Waals surface area contributed by atoms with Crippen LogP contribution in [0.3, 0.4) is 0 Å². The number of hydrogen-bond acceptors (Lipinski definition) is 5. The second-order valence-electron chi connectivity index (χ2n) is 3.97. The topological polar surface area (TPSA) is 89.5 Å². The fourth-order valence-corrected chi connectivity index (χ4v) is 2.71. The van der Waals surface area contributed by atoms with Gasteiger partial charge < -0.3 is 0 Å². The van der Waals surface area contributed by atoms with Crippen molar-refractivity contribution in [3.05, 3.63) is 35.9 Å². The Morgan fingerprint density at radius 2 is 1.74 bits per heavy atom. The predicted octanol–water partition coefficient (Wildman–Crippen LogP) is 0.125. The second kappa shape index (κ2) is 6.99. The summed E-state index contributed by atoms with van der Waals surface area (Å²) >= 11 is 0. The number of hydrogen-bond donors (Lipinski definition) is 1. The molecule has 1 N–H and O–H groups in total. The summed E-state index contributed by atoms with van der Waals surface area (Å²) in [5, 5.41) is 0. The van der Waals surface area contributed by atoms with Crippen LogP contribution >= 0.6 is 0 Å². The van der Waals surface area contributed by atoms with Crippen LogP contribution < -0.4 is 4.72 Å². The van der Waals surface area contributed by atoms with Gasteiger partial charge in [0.1, 0.15) is 0 Å². The molecule has 19 heavy (non-hydrogen) atoms. The second-order valence-corrected chi connectivity index (χ2v) is 7.55. The molecule has 8 heteroatoms. The van der Waals surface area contributed by atoms with E-state index in [1.165, 1.54) is 0 Å². The highest BCUT2D eigenvalue weighted by atomic mass is 32.2. The van der Waals surface area contributed by atoms with E-state index in [4.69, 9.17) is 0 Å². The van der Waals surface area contributed by atoms with E-state index in [0.717, 1.165) is 11.8 Å². The molecule has 0 aromatic heterocycles.